The summed E-state index contributed by atoms with van der Waals surface area (Å²) in [7, 11) is 0. The molecule has 0 radical (unpaired) electrons. The van der Waals surface area contributed by atoms with E-state index < -0.39 is 38.6 Å². The molecule has 6 nitrogen and oxygen atoms in total. The van der Waals surface area contributed by atoms with Crippen molar-refractivity contribution in [1.29, 1.82) is 5.26 Å². The van der Waals surface area contributed by atoms with Crippen LogP contribution in [0.4, 0.5) is 0 Å². The highest BCUT2D eigenvalue weighted by molar-refractivity contribution is 7.90. The minimum absolute atomic E-state index is 0.414. The van der Waals surface area contributed by atoms with E-state index in [-0.39, 0.29) is 0 Å². The predicted molar refractivity (Wildman–Crippen MR) is 118 cm³/mol. The summed E-state index contributed by atoms with van der Waals surface area (Å²) >= 11 is -1.51. The highest BCUT2D eigenvalue weighted by Crippen LogP contribution is 2.57. The summed E-state index contributed by atoms with van der Waals surface area (Å²) in [5, 5.41) is 12.9. The van der Waals surface area contributed by atoms with Crippen molar-refractivity contribution in [3.05, 3.63) is 34.9 Å². The number of nitriles is 1. The van der Waals surface area contributed by atoms with Gasteiger partial charge in [0.15, 0.2) is 5.54 Å². The molecule has 2 aliphatic rings. The second kappa shape index (κ2) is 7.83. The van der Waals surface area contributed by atoms with Crippen LogP contribution in [0.25, 0.3) is 0 Å². The molecule has 0 saturated carbocycles. The van der Waals surface area contributed by atoms with Crippen molar-refractivity contribution in [3.8, 4) is 6.07 Å². The fraction of sp³-hybridized carbons (Fsp3) is 0.652. The van der Waals surface area contributed by atoms with E-state index in [0.717, 1.165) is 37.1 Å². The number of fused-ring (bicyclic) bond motifs is 1. The Bertz CT molecular complexity index is 860. The average molecular weight is 432 g/mol. The minimum atomic E-state index is -1.51. The number of carbonyl (C=O) groups excluding carboxylic acids is 1. The monoisotopic (exact) mass is 431 g/mol. The molecule has 1 heterocycles. The lowest BCUT2D eigenvalue weighted by Gasteiger charge is -2.48. The molecule has 0 bridgehead atoms. The van der Waals surface area contributed by atoms with Gasteiger partial charge in [0.2, 0.25) is 0 Å². The topological polar surface area (TPSA) is 97.2 Å². The van der Waals surface area contributed by atoms with Crippen LogP contribution in [0, 0.1) is 16.7 Å². The number of hydrogen-bond donors (Lipinski definition) is 2. The SMILES string of the molecule is CC(C)(C)OC(=O)C1(N[S@+]([O-])C(C)(C)C)c2cc(C#N)ccc2CC12CCNCC2. The van der Waals surface area contributed by atoms with Gasteiger partial charge in [0, 0.05) is 16.8 Å². The number of piperidine rings is 1. The maximum atomic E-state index is 14.0. The first-order chi connectivity index (χ1) is 13.8. The summed E-state index contributed by atoms with van der Waals surface area (Å²) in [4.78, 5) is 14.0. The van der Waals surface area contributed by atoms with Crippen LogP contribution in [0.15, 0.2) is 18.2 Å². The molecular formula is C23H33N3O3S. The molecule has 164 valence electrons. The fourth-order valence-corrected chi connectivity index (χ4v) is 5.56. The third kappa shape index (κ3) is 3.99. The molecule has 1 saturated heterocycles. The highest BCUT2D eigenvalue weighted by atomic mass is 32.2. The lowest BCUT2D eigenvalue weighted by Crippen LogP contribution is -2.65. The molecule has 2 N–H and O–H groups in total. The van der Waals surface area contributed by atoms with E-state index in [1.54, 1.807) is 12.1 Å². The zero-order valence-corrected chi connectivity index (χ0v) is 19.7. The number of rotatable bonds is 3. The number of carbonyl (C=O) groups is 1. The number of ether oxygens (including phenoxy) is 1. The fourth-order valence-electron chi connectivity index (χ4n) is 4.57. The molecule has 1 unspecified atom stereocenters. The van der Waals surface area contributed by atoms with E-state index >= 15 is 0 Å². The van der Waals surface area contributed by atoms with Gasteiger partial charge in [-0.05, 0) is 97.2 Å². The molecular weight excluding hydrogens is 398 g/mol. The van der Waals surface area contributed by atoms with Gasteiger partial charge >= 0.3 is 5.97 Å². The number of nitrogens with one attached hydrogen (secondary N) is 2. The molecule has 1 aliphatic heterocycles. The molecule has 1 aliphatic carbocycles. The van der Waals surface area contributed by atoms with Gasteiger partial charge in [0.05, 0.1) is 11.6 Å². The van der Waals surface area contributed by atoms with Crippen LogP contribution >= 0.6 is 0 Å². The van der Waals surface area contributed by atoms with Crippen LogP contribution < -0.4 is 10.0 Å². The average Bonchev–Trinajstić information content (AvgIpc) is 2.89. The van der Waals surface area contributed by atoms with Crippen molar-refractivity contribution >= 4 is 17.3 Å². The van der Waals surface area contributed by atoms with Gasteiger partial charge in [-0.15, -0.1) is 4.72 Å². The lowest BCUT2D eigenvalue weighted by molar-refractivity contribution is -0.170. The number of esters is 1. The standard InChI is InChI=1S/C23H33N3O3S/c1-20(2,3)29-19(27)23(26-30(28)21(4,5)6)18-13-16(15-24)7-8-17(18)14-22(23)9-11-25-12-10-22/h7-8,13,25-26H,9-12,14H2,1-6H3/t23?,30-/m1/s1. The summed E-state index contributed by atoms with van der Waals surface area (Å²) in [6.45, 7) is 12.7. The summed E-state index contributed by atoms with van der Waals surface area (Å²) < 4.78 is 22.1. The molecule has 0 amide bonds. The Balaban J connectivity index is 2.26. The summed E-state index contributed by atoms with van der Waals surface area (Å²) in [6.07, 6.45) is 2.18. The Kier molecular flexibility index (Phi) is 6.02. The van der Waals surface area contributed by atoms with Crippen molar-refractivity contribution in [3.63, 3.8) is 0 Å². The number of hydrogen-bond acceptors (Lipinski definition) is 6. The maximum Gasteiger partial charge on any atom is 0.336 e. The lowest BCUT2D eigenvalue weighted by atomic mass is 9.64. The second-order valence-corrected chi connectivity index (χ2v) is 12.4. The van der Waals surface area contributed by atoms with E-state index in [1.807, 2.05) is 47.6 Å². The largest absolute Gasteiger partial charge is 0.598 e. The summed E-state index contributed by atoms with van der Waals surface area (Å²) in [5.41, 5.74) is -0.217. The van der Waals surface area contributed by atoms with Crippen LogP contribution in [0.5, 0.6) is 0 Å². The third-order valence-corrected chi connectivity index (χ3v) is 7.64. The molecule has 30 heavy (non-hydrogen) atoms. The van der Waals surface area contributed by atoms with Gasteiger partial charge in [-0.3, -0.25) is 0 Å². The van der Waals surface area contributed by atoms with Gasteiger partial charge in [-0.1, -0.05) is 6.07 Å². The van der Waals surface area contributed by atoms with Crippen molar-refractivity contribution in [2.24, 2.45) is 5.41 Å². The van der Waals surface area contributed by atoms with Crippen LogP contribution in [0.3, 0.4) is 0 Å². The van der Waals surface area contributed by atoms with Gasteiger partial charge in [0.25, 0.3) is 0 Å². The smallest absolute Gasteiger partial charge is 0.336 e. The second-order valence-electron chi connectivity index (χ2n) is 10.4. The molecule has 1 aromatic rings. The number of nitrogens with zero attached hydrogens (tertiary/aromatic N) is 1. The van der Waals surface area contributed by atoms with Crippen LogP contribution in [0.1, 0.15) is 71.1 Å². The first-order valence-electron chi connectivity index (χ1n) is 10.5. The summed E-state index contributed by atoms with van der Waals surface area (Å²) in [6, 6.07) is 7.70. The van der Waals surface area contributed by atoms with Crippen LogP contribution in [-0.4, -0.2) is 34.0 Å². The Morgan fingerprint density at radius 2 is 1.87 bits per heavy atom. The first-order valence-corrected chi connectivity index (χ1v) is 11.7. The van der Waals surface area contributed by atoms with Crippen molar-refractivity contribution in [2.75, 3.05) is 13.1 Å². The van der Waals surface area contributed by atoms with Crippen LogP contribution in [0.2, 0.25) is 0 Å². The maximum absolute atomic E-state index is 14.0. The molecule has 0 aromatic heterocycles. The zero-order chi connectivity index (χ0) is 22.4. The Labute approximate surface area is 183 Å². The quantitative estimate of drug-likeness (QED) is 0.564. The van der Waals surface area contributed by atoms with E-state index in [4.69, 9.17) is 4.74 Å². The third-order valence-electron chi connectivity index (χ3n) is 6.04. The van der Waals surface area contributed by atoms with Gasteiger partial charge in [-0.25, -0.2) is 4.79 Å². The van der Waals surface area contributed by atoms with Crippen molar-refractivity contribution in [2.45, 2.75) is 76.7 Å². The Morgan fingerprint density at radius 1 is 1.23 bits per heavy atom. The summed E-state index contributed by atoms with van der Waals surface area (Å²) in [5.74, 6) is -0.414. The molecule has 1 fully saturated rings. The molecule has 2 atom stereocenters. The first kappa shape index (κ1) is 23.1. The van der Waals surface area contributed by atoms with E-state index in [0.29, 0.717) is 12.0 Å². The van der Waals surface area contributed by atoms with Gasteiger partial charge in [0.1, 0.15) is 10.3 Å². The van der Waals surface area contributed by atoms with Crippen molar-refractivity contribution < 1.29 is 14.1 Å². The van der Waals surface area contributed by atoms with Crippen LogP contribution in [-0.2, 0) is 32.9 Å². The molecule has 1 spiro atoms. The van der Waals surface area contributed by atoms with Crippen molar-refractivity contribution in [1.82, 2.24) is 10.0 Å². The minimum Gasteiger partial charge on any atom is -0.598 e. The molecule has 3 rings (SSSR count). The zero-order valence-electron chi connectivity index (χ0n) is 18.8. The van der Waals surface area contributed by atoms with E-state index in [1.165, 1.54) is 0 Å². The number of benzene rings is 1. The van der Waals surface area contributed by atoms with E-state index in [9.17, 15) is 14.6 Å². The molecule has 7 heteroatoms. The predicted octanol–water partition coefficient (Wildman–Crippen LogP) is 3.07. The highest BCUT2D eigenvalue weighted by Gasteiger charge is 2.66. The normalized spacial score (nSPS) is 24.2. The molecule has 1 aromatic carbocycles. The van der Waals surface area contributed by atoms with Gasteiger partial charge < -0.3 is 14.6 Å². The Hall–Kier alpha value is -1.59. The Morgan fingerprint density at radius 3 is 2.40 bits per heavy atom. The van der Waals surface area contributed by atoms with E-state index in [2.05, 4.69) is 16.1 Å². The van der Waals surface area contributed by atoms with Gasteiger partial charge in [-0.2, -0.15) is 5.26 Å².